The highest BCUT2D eigenvalue weighted by Gasteiger charge is 2.29. The molecule has 90 valence electrons. The summed E-state index contributed by atoms with van der Waals surface area (Å²) < 4.78 is 6.95. The van der Waals surface area contributed by atoms with Crippen LogP contribution < -0.4 is 5.73 Å². The summed E-state index contributed by atoms with van der Waals surface area (Å²) in [5.74, 6) is 1.02. The minimum Gasteiger partial charge on any atom is -0.459 e. The summed E-state index contributed by atoms with van der Waals surface area (Å²) in [4.78, 5) is 2.33. The lowest BCUT2D eigenvalue weighted by molar-refractivity contribution is 0.0919. The second kappa shape index (κ2) is 4.12. The lowest BCUT2D eigenvalue weighted by Gasteiger charge is -2.40. The van der Waals surface area contributed by atoms with Gasteiger partial charge in [0.25, 0.3) is 0 Å². The number of furan rings is 1. The summed E-state index contributed by atoms with van der Waals surface area (Å²) in [5, 5.41) is 1.14. The van der Waals surface area contributed by atoms with Crippen molar-refractivity contribution in [3.8, 4) is 0 Å². The predicted octanol–water partition coefficient (Wildman–Crippen LogP) is 2.90. The Kier molecular flexibility index (Phi) is 2.73. The van der Waals surface area contributed by atoms with Gasteiger partial charge in [-0.3, -0.25) is 4.90 Å². The molecule has 0 amide bonds. The smallest absolute Gasteiger partial charge is 0.134 e. The molecular weight excluding hydrogens is 280 g/mol. The lowest BCUT2D eigenvalue weighted by Crippen LogP contribution is -2.56. The third-order valence-electron chi connectivity index (χ3n) is 3.39. The fraction of sp³-hybridized carbons (Fsp3) is 0.385. The summed E-state index contributed by atoms with van der Waals surface area (Å²) in [6.45, 7) is 4.09. The molecule has 1 aliphatic rings. The monoisotopic (exact) mass is 294 g/mol. The van der Waals surface area contributed by atoms with Gasteiger partial charge in [-0.15, -0.1) is 0 Å². The van der Waals surface area contributed by atoms with Gasteiger partial charge >= 0.3 is 0 Å². The van der Waals surface area contributed by atoms with Gasteiger partial charge in [-0.25, -0.2) is 0 Å². The first-order valence-corrected chi connectivity index (χ1v) is 6.61. The van der Waals surface area contributed by atoms with Gasteiger partial charge in [-0.2, -0.15) is 0 Å². The van der Waals surface area contributed by atoms with E-state index in [4.69, 9.17) is 10.2 Å². The Hall–Kier alpha value is -0.840. The van der Waals surface area contributed by atoms with Crippen molar-refractivity contribution in [1.29, 1.82) is 0 Å². The van der Waals surface area contributed by atoms with Crippen LogP contribution in [0.15, 0.2) is 33.2 Å². The van der Waals surface area contributed by atoms with Crippen molar-refractivity contribution in [2.45, 2.75) is 19.0 Å². The Morgan fingerprint density at radius 2 is 2.18 bits per heavy atom. The summed E-state index contributed by atoms with van der Waals surface area (Å²) in [5.41, 5.74) is 6.75. The van der Waals surface area contributed by atoms with E-state index < -0.39 is 0 Å². The average Bonchev–Trinajstić information content (AvgIpc) is 2.66. The van der Waals surface area contributed by atoms with Crippen LogP contribution in [0.1, 0.15) is 18.7 Å². The Balaban J connectivity index is 1.90. The maximum Gasteiger partial charge on any atom is 0.134 e. The SMILES string of the molecule is CC(c1cc2cc(Br)ccc2o1)N1CC(N)C1. The normalized spacial score (nSPS) is 19.5. The quantitative estimate of drug-likeness (QED) is 0.926. The van der Waals surface area contributed by atoms with Gasteiger partial charge in [0.05, 0.1) is 6.04 Å². The van der Waals surface area contributed by atoms with E-state index >= 15 is 0 Å². The highest BCUT2D eigenvalue weighted by Crippen LogP contribution is 2.30. The number of halogens is 1. The summed E-state index contributed by atoms with van der Waals surface area (Å²) in [7, 11) is 0. The molecule has 0 saturated carbocycles. The van der Waals surface area contributed by atoms with Crippen molar-refractivity contribution in [3.63, 3.8) is 0 Å². The van der Waals surface area contributed by atoms with Crippen molar-refractivity contribution in [2.75, 3.05) is 13.1 Å². The number of benzene rings is 1. The van der Waals surface area contributed by atoms with E-state index in [0.29, 0.717) is 12.1 Å². The molecule has 0 radical (unpaired) electrons. The lowest BCUT2D eigenvalue weighted by atomic mass is 10.1. The molecule has 1 aliphatic heterocycles. The molecule has 1 aromatic carbocycles. The molecule has 1 atom stereocenters. The molecule has 2 aromatic rings. The van der Waals surface area contributed by atoms with E-state index in [0.717, 1.165) is 34.3 Å². The van der Waals surface area contributed by atoms with Gasteiger partial charge in [-0.05, 0) is 31.2 Å². The van der Waals surface area contributed by atoms with Crippen molar-refractivity contribution >= 4 is 26.9 Å². The van der Waals surface area contributed by atoms with Crippen LogP contribution in [0, 0.1) is 0 Å². The molecule has 0 bridgehead atoms. The van der Waals surface area contributed by atoms with E-state index in [1.165, 1.54) is 0 Å². The third kappa shape index (κ3) is 2.01. The number of likely N-dealkylation sites (tertiary alicyclic amines) is 1. The van der Waals surface area contributed by atoms with Crippen LogP contribution in [0.5, 0.6) is 0 Å². The fourth-order valence-corrected chi connectivity index (χ4v) is 2.66. The topological polar surface area (TPSA) is 42.4 Å². The van der Waals surface area contributed by atoms with E-state index in [-0.39, 0.29) is 0 Å². The maximum atomic E-state index is 5.87. The molecule has 2 N–H and O–H groups in total. The number of nitrogens with two attached hydrogens (primary N) is 1. The molecule has 0 aliphatic carbocycles. The average molecular weight is 295 g/mol. The van der Waals surface area contributed by atoms with Crippen LogP contribution >= 0.6 is 15.9 Å². The number of hydrogen-bond donors (Lipinski definition) is 1. The predicted molar refractivity (Wildman–Crippen MR) is 71.9 cm³/mol. The first kappa shape index (κ1) is 11.3. The molecule has 0 spiro atoms. The van der Waals surface area contributed by atoms with Gasteiger partial charge in [0.1, 0.15) is 11.3 Å². The fourth-order valence-electron chi connectivity index (χ4n) is 2.29. The van der Waals surface area contributed by atoms with E-state index in [1.807, 2.05) is 12.1 Å². The number of hydrogen-bond acceptors (Lipinski definition) is 3. The summed E-state index contributed by atoms with van der Waals surface area (Å²) in [6, 6.07) is 8.83. The van der Waals surface area contributed by atoms with E-state index in [1.54, 1.807) is 0 Å². The molecule has 1 saturated heterocycles. The van der Waals surface area contributed by atoms with Crippen molar-refractivity contribution in [3.05, 3.63) is 34.5 Å². The molecule has 17 heavy (non-hydrogen) atoms. The number of nitrogens with zero attached hydrogens (tertiary/aromatic N) is 1. The Morgan fingerprint density at radius 1 is 1.41 bits per heavy atom. The summed E-state index contributed by atoms with van der Waals surface area (Å²) >= 11 is 3.47. The third-order valence-corrected chi connectivity index (χ3v) is 3.89. The largest absolute Gasteiger partial charge is 0.459 e. The minimum absolute atomic E-state index is 0.306. The van der Waals surface area contributed by atoms with Gasteiger partial charge in [0.2, 0.25) is 0 Å². The molecule has 1 fully saturated rings. The first-order chi connectivity index (χ1) is 8.13. The van der Waals surface area contributed by atoms with Crippen molar-refractivity contribution in [1.82, 2.24) is 4.90 Å². The second-order valence-corrected chi connectivity index (χ2v) is 5.64. The standard InChI is InChI=1S/C13H15BrN2O/c1-8(16-6-11(15)7-16)13-5-9-4-10(14)2-3-12(9)17-13/h2-5,8,11H,6-7,15H2,1H3. The second-order valence-electron chi connectivity index (χ2n) is 4.72. The Bertz CT molecular complexity index is 545. The molecule has 1 unspecified atom stereocenters. The Morgan fingerprint density at radius 3 is 2.88 bits per heavy atom. The molecule has 3 rings (SSSR count). The van der Waals surface area contributed by atoms with Crippen molar-refractivity contribution < 1.29 is 4.42 Å². The van der Waals surface area contributed by atoms with Gasteiger partial charge in [0.15, 0.2) is 0 Å². The zero-order valence-electron chi connectivity index (χ0n) is 9.69. The highest BCUT2D eigenvalue weighted by molar-refractivity contribution is 9.10. The summed E-state index contributed by atoms with van der Waals surface area (Å²) in [6.07, 6.45) is 0. The minimum atomic E-state index is 0.306. The van der Waals surface area contributed by atoms with Crippen LogP contribution in [0.3, 0.4) is 0 Å². The van der Waals surface area contributed by atoms with Crippen LogP contribution in [-0.2, 0) is 0 Å². The van der Waals surface area contributed by atoms with Crippen LogP contribution in [0.4, 0.5) is 0 Å². The van der Waals surface area contributed by atoms with Crippen molar-refractivity contribution in [2.24, 2.45) is 5.73 Å². The number of fused-ring (bicyclic) bond motifs is 1. The van der Waals surface area contributed by atoms with Gasteiger partial charge in [-0.1, -0.05) is 15.9 Å². The molecule has 3 nitrogen and oxygen atoms in total. The first-order valence-electron chi connectivity index (χ1n) is 5.82. The Labute approximate surface area is 109 Å². The zero-order chi connectivity index (χ0) is 12.0. The molecule has 4 heteroatoms. The molecular formula is C13H15BrN2O. The van der Waals surface area contributed by atoms with Crippen LogP contribution in [0.2, 0.25) is 0 Å². The zero-order valence-corrected chi connectivity index (χ0v) is 11.3. The highest BCUT2D eigenvalue weighted by atomic mass is 79.9. The van der Waals surface area contributed by atoms with Crippen LogP contribution in [0.25, 0.3) is 11.0 Å². The van der Waals surface area contributed by atoms with E-state index in [9.17, 15) is 0 Å². The maximum absolute atomic E-state index is 5.87. The van der Waals surface area contributed by atoms with Gasteiger partial charge in [0, 0.05) is 29.0 Å². The number of rotatable bonds is 2. The molecule has 2 heterocycles. The van der Waals surface area contributed by atoms with E-state index in [2.05, 4.69) is 39.9 Å². The van der Waals surface area contributed by atoms with Crippen LogP contribution in [-0.4, -0.2) is 24.0 Å². The molecule has 1 aromatic heterocycles. The van der Waals surface area contributed by atoms with Gasteiger partial charge < -0.3 is 10.2 Å².